The summed E-state index contributed by atoms with van der Waals surface area (Å²) in [5, 5.41) is 20.2. The number of nitrogens with zero attached hydrogens (tertiary/aromatic N) is 1. The maximum absolute atomic E-state index is 14.1. The van der Waals surface area contributed by atoms with Crippen molar-refractivity contribution >= 4 is 11.6 Å². The van der Waals surface area contributed by atoms with Crippen LogP contribution in [0.4, 0.5) is 14.5 Å². The summed E-state index contributed by atoms with van der Waals surface area (Å²) in [5.41, 5.74) is 0.735. The third-order valence-electron chi connectivity index (χ3n) is 5.28. The molecule has 1 aliphatic heterocycles. The molecule has 4 rings (SSSR count). The number of benzene rings is 3. The standard InChI is InChI=1S/C24H21F2NO3/c25-17-5-1-15(2-6-17)22(29)14-13-21-23(16-3-11-20(28)12-4-16)27(24(21)30)19-9-7-18(26)8-10-19/h1-12,21-23,28-29H,13-14H2/t21?,22-,23+/m0/s1/i7D,8D,9D,10D. The fraction of sp³-hybridized carbons (Fsp3) is 0.208. The van der Waals surface area contributed by atoms with Crippen molar-refractivity contribution in [2.45, 2.75) is 25.0 Å². The Bertz CT molecular complexity index is 1210. The molecule has 0 spiro atoms. The van der Waals surface area contributed by atoms with Gasteiger partial charge in [-0.25, -0.2) is 8.78 Å². The zero-order valence-corrected chi connectivity index (χ0v) is 15.8. The molecule has 1 saturated heterocycles. The predicted octanol–water partition coefficient (Wildman–Crippen LogP) is 4.89. The molecule has 1 aliphatic rings. The molecular formula is C24H21F2NO3. The minimum absolute atomic E-state index is 0.00438. The molecule has 0 aromatic heterocycles. The van der Waals surface area contributed by atoms with Gasteiger partial charge in [-0.15, -0.1) is 0 Å². The second-order valence-corrected chi connectivity index (χ2v) is 7.16. The van der Waals surface area contributed by atoms with Crippen LogP contribution >= 0.6 is 0 Å². The Balaban J connectivity index is 1.67. The average molecular weight is 413 g/mol. The zero-order valence-electron chi connectivity index (χ0n) is 19.8. The first kappa shape index (κ1) is 15.6. The van der Waals surface area contributed by atoms with E-state index in [-0.39, 0.29) is 24.3 Å². The molecule has 1 unspecified atom stereocenters. The predicted molar refractivity (Wildman–Crippen MR) is 109 cm³/mol. The molecule has 1 heterocycles. The molecule has 0 saturated carbocycles. The van der Waals surface area contributed by atoms with Crippen LogP contribution in [0.5, 0.6) is 5.75 Å². The largest absolute Gasteiger partial charge is 0.508 e. The van der Waals surface area contributed by atoms with Gasteiger partial charge in [0.15, 0.2) is 0 Å². The minimum Gasteiger partial charge on any atom is -0.508 e. The number of hydrogen-bond acceptors (Lipinski definition) is 3. The summed E-state index contributed by atoms with van der Waals surface area (Å²) in [6.45, 7) is 0. The number of rotatable bonds is 6. The summed E-state index contributed by atoms with van der Waals surface area (Å²) in [6, 6.07) is 7.55. The number of aliphatic hydroxyl groups is 1. The van der Waals surface area contributed by atoms with Gasteiger partial charge in [0.2, 0.25) is 5.91 Å². The van der Waals surface area contributed by atoms with Crippen LogP contribution < -0.4 is 4.90 Å². The molecule has 1 amide bonds. The van der Waals surface area contributed by atoms with E-state index in [1.54, 1.807) is 12.1 Å². The molecule has 1 fully saturated rings. The highest BCUT2D eigenvalue weighted by molar-refractivity contribution is 6.03. The normalized spacial score (nSPS) is 21.3. The fourth-order valence-electron chi connectivity index (χ4n) is 3.73. The smallest absolute Gasteiger partial charge is 0.233 e. The van der Waals surface area contributed by atoms with E-state index in [1.165, 1.54) is 36.4 Å². The number of phenols is 1. The van der Waals surface area contributed by atoms with E-state index in [0.29, 0.717) is 11.1 Å². The van der Waals surface area contributed by atoms with Gasteiger partial charge in [-0.2, -0.15) is 0 Å². The van der Waals surface area contributed by atoms with Crippen LogP contribution in [0, 0.1) is 17.6 Å². The van der Waals surface area contributed by atoms with Crippen molar-refractivity contribution in [1.82, 2.24) is 0 Å². The molecule has 3 aromatic rings. The van der Waals surface area contributed by atoms with Crippen LogP contribution in [0.3, 0.4) is 0 Å². The van der Waals surface area contributed by atoms with Gasteiger partial charge in [-0.05, 0) is 72.4 Å². The first-order chi connectivity index (χ1) is 16.1. The Kier molecular flexibility index (Phi) is 4.28. The third kappa shape index (κ3) is 3.91. The number of hydrogen-bond donors (Lipinski definition) is 2. The van der Waals surface area contributed by atoms with E-state index in [4.69, 9.17) is 5.48 Å². The van der Waals surface area contributed by atoms with Crippen LogP contribution in [0.15, 0.2) is 72.7 Å². The van der Waals surface area contributed by atoms with Gasteiger partial charge in [0.05, 0.1) is 23.5 Å². The van der Waals surface area contributed by atoms with E-state index in [9.17, 15) is 23.8 Å². The SMILES string of the molecule is [2H]c1c([2H])c(N2C(=O)C(CC[C@H](O)c3ccc(F)cc3)[C@H]2c2ccc(O)cc2)c([2H])c([2H])c1F. The molecular weight excluding hydrogens is 388 g/mol. The highest BCUT2D eigenvalue weighted by Gasteiger charge is 2.48. The Morgan fingerprint density at radius 2 is 1.60 bits per heavy atom. The lowest BCUT2D eigenvalue weighted by atomic mass is 9.78. The van der Waals surface area contributed by atoms with Gasteiger partial charge in [0, 0.05) is 5.69 Å². The van der Waals surface area contributed by atoms with Crippen molar-refractivity contribution in [2.75, 3.05) is 4.90 Å². The van der Waals surface area contributed by atoms with Crippen LogP contribution in [0.25, 0.3) is 0 Å². The highest BCUT2D eigenvalue weighted by atomic mass is 19.1. The van der Waals surface area contributed by atoms with E-state index >= 15 is 0 Å². The van der Waals surface area contributed by atoms with Crippen molar-refractivity contribution in [3.63, 3.8) is 0 Å². The topological polar surface area (TPSA) is 60.8 Å². The van der Waals surface area contributed by atoms with Crippen LogP contribution in [0.1, 0.15) is 41.6 Å². The summed E-state index contributed by atoms with van der Waals surface area (Å²) in [6.07, 6.45) is -0.572. The van der Waals surface area contributed by atoms with Gasteiger partial charge < -0.3 is 15.1 Å². The van der Waals surface area contributed by atoms with E-state index < -0.39 is 59.8 Å². The number of amides is 1. The molecule has 0 aliphatic carbocycles. The van der Waals surface area contributed by atoms with Gasteiger partial charge in [0.25, 0.3) is 0 Å². The molecule has 3 atom stereocenters. The summed E-state index contributed by atoms with van der Waals surface area (Å²) in [4.78, 5) is 14.3. The molecule has 30 heavy (non-hydrogen) atoms. The number of phenolic OH excluding ortho intramolecular Hbond substituents is 1. The summed E-state index contributed by atoms with van der Waals surface area (Å²) in [5.74, 6) is -2.90. The lowest BCUT2D eigenvalue weighted by Crippen LogP contribution is -2.55. The third-order valence-corrected chi connectivity index (χ3v) is 5.28. The van der Waals surface area contributed by atoms with Gasteiger partial charge in [-0.3, -0.25) is 4.79 Å². The maximum Gasteiger partial charge on any atom is 0.233 e. The van der Waals surface area contributed by atoms with Crippen molar-refractivity contribution in [3.05, 3.63) is 95.5 Å². The Labute approximate surface area is 178 Å². The first-order valence-electron chi connectivity index (χ1n) is 11.4. The number of halogens is 2. The monoisotopic (exact) mass is 413 g/mol. The number of aliphatic hydroxyl groups excluding tert-OH is 1. The molecule has 6 heteroatoms. The summed E-state index contributed by atoms with van der Waals surface area (Å²) in [7, 11) is 0. The molecule has 2 N–H and O–H groups in total. The van der Waals surface area contributed by atoms with Gasteiger partial charge in [0.1, 0.15) is 17.4 Å². The Morgan fingerprint density at radius 1 is 0.967 bits per heavy atom. The lowest BCUT2D eigenvalue weighted by Gasteiger charge is -2.48. The number of anilines is 1. The molecule has 4 nitrogen and oxygen atoms in total. The van der Waals surface area contributed by atoms with Crippen LogP contribution in [-0.2, 0) is 4.79 Å². The number of β-lactam (4-membered cyclic amide) rings is 1. The number of carbonyl (C=O) groups excluding carboxylic acids is 1. The fourth-order valence-corrected chi connectivity index (χ4v) is 3.73. The van der Waals surface area contributed by atoms with Crippen molar-refractivity contribution in [2.24, 2.45) is 5.92 Å². The van der Waals surface area contributed by atoms with Gasteiger partial charge in [-0.1, -0.05) is 24.3 Å². The Hall–Kier alpha value is -3.25. The molecule has 154 valence electrons. The zero-order chi connectivity index (χ0) is 24.7. The highest BCUT2D eigenvalue weighted by Crippen LogP contribution is 2.46. The molecule has 3 aromatic carbocycles. The maximum atomic E-state index is 14.1. The number of carbonyl (C=O) groups is 1. The van der Waals surface area contributed by atoms with E-state index in [0.717, 1.165) is 4.90 Å². The Morgan fingerprint density at radius 3 is 2.23 bits per heavy atom. The summed E-state index contributed by atoms with van der Waals surface area (Å²) >= 11 is 0. The molecule has 0 radical (unpaired) electrons. The first-order valence-corrected chi connectivity index (χ1v) is 9.43. The minimum atomic E-state index is -1.30. The number of aromatic hydroxyl groups is 1. The van der Waals surface area contributed by atoms with Gasteiger partial charge >= 0.3 is 0 Å². The van der Waals surface area contributed by atoms with Crippen LogP contribution in [0.2, 0.25) is 0 Å². The summed E-state index contributed by atoms with van der Waals surface area (Å²) < 4.78 is 59.1. The lowest BCUT2D eigenvalue weighted by molar-refractivity contribution is -0.131. The second-order valence-electron chi connectivity index (χ2n) is 7.16. The molecule has 0 bridgehead atoms. The second kappa shape index (κ2) is 8.24. The van der Waals surface area contributed by atoms with E-state index in [2.05, 4.69) is 0 Å². The van der Waals surface area contributed by atoms with Crippen molar-refractivity contribution in [3.8, 4) is 5.75 Å². The quantitative estimate of drug-likeness (QED) is 0.566. The van der Waals surface area contributed by atoms with Crippen molar-refractivity contribution < 1.29 is 29.3 Å². The van der Waals surface area contributed by atoms with Crippen molar-refractivity contribution in [1.29, 1.82) is 0 Å². The average Bonchev–Trinajstić information content (AvgIpc) is 2.83. The van der Waals surface area contributed by atoms with E-state index in [1.807, 2.05) is 0 Å². The van der Waals surface area contributed by atoms with Crippen LogP contribution in [-0.4, -0.2) is 16.1 Å².